The summed E-state index contributed by atoms with van der Waals surface area (Å²) in [6.07, 6.45) is 3.20. The van der Waals surface area contributed by atoms with Gasteiger partial charge in [-0.3, -0.25) is 0 Å². The molecular formula is C11H23NO. The Morgan fingerprint density at radius 2 is 2.00 bits per heavy atom. The van der Waals surface area contributed by atoms with Crippen LogP contribution >= 0.6 is 0 Å². The summed E-state index contributed by atoms with van der Waals surface area (Å²) >= 11 is 0. The summed E-state index contributed by atoms with van der Waals surface area (Å²) in [5.41, 5.74) is 0.263. The lowest BCUT2D eigenvalue weighted by Gasteiger charge is -2.38. The van der Waals surface area contributed by atoms with Gasteiger partial charge in [0.1, 0.15) is 0 Å². The van der Waals surface area contributed by atoms with Gasteiger partial charge in [0.2, 0.25) is 0 Å². The van der Waals surface area contributed by atoms with Crippen molar-refractivity contribution in [2.24, 2.45) is 5.41 Å². The molecule has 0 aromatic rings. The summed E-state index contributed by atoms with van der Waals surface area (Å²) in [6.45, 7) is 11.0. The molecule has 0 radical (unpaired) electrons. The average Bonchev–Trinajstić information content (AvgIpc) is 2.04. The van der Waals surface area contributed by atoms with Gasteiger partial charge >= 0.3 is 0 Å². The second kappa shape index (κ2) is 4.43. The highest BCUT2D eigenvalue weighted by molar-refractivity contribution is 4.82. The fourth-order valence-electron chi connectivity index (χ4n) is 1.71. The third-order valence-corrected chi connectivity index (χ3v) is 2.64. The van der Waals surface area contributed by atoms with Crippen LogP contribution in [0.2, 0.25) is 0 Å². The maximum Gasteiger partial charge on any atom is 0.0752 e. The third-order valence-electron chi connectivity index (χ3n) is 2.64. The Labute approximate surface area is 82.0 Å². The van der Waals surface area contributed by atoms with Crippen molar-refractivity contribution in [1.82, 2.24) is 5.32 Å². The highest BCUT2D eigenvalue weighted by Gasteiger charge is 2.30. The van der Waals surface area contributed by atoms with Crippen molar-refractivity contribution in [3.05, 3.63) is 0 Å². The molecule has 2 heteroatoms. The van der Waals surface area contributed by atoms with E-state index >= 15 is 0 Å². The Kier molecular flexibility index (Phi) is 3.74. The van der Waals surface area contributed by atoms with Crippen molar-refractivity contribution in [1.29, 1.82) is 0 Å². The minimum Gasteiger partial charge on any atom is -0.372 e. The lowest BCUT2D eigenvalue weighted by molar-refractivity contribution is -0.0891. The van der Waals surface area contributed by atoms with Gasteiger partial charge in [0, 0.05) is 13.1 Å². The minimum absolute atomic E-state index is 0.263. The van der Waals surface area contributed by atoms with E-state index in [-0.39, 0.29) is 5.41 Å². The first-order chi connectivity index (χ1) is 6.04. The van der Waals surface area contributed by atoms with Crippen molar-refractivity contribution in [2.45, 2.75) is 52.7 Å². The predicted molar refractivity (Wildman–Crippen MR) is 55.9 cm³/mol. The molecule has 2 nitrogen and oxygen atoms in total. The van der Waals surface area contributed by atoms with Crippen molar-refractivity contribution >= 4 is 0 Å². The van der Waals surface area contributed by atoms with Crippen LogP contribution in [0.5, 0.6) is 0 Å². The van der Waals surface area contributed by atoms with Crippen molar-refractivity contribution in [3.63, 3.8) is 0 Å². The van der Waals surface area contributed by atoms with E-state index in [9.17, 15) is 0 Å². The largest absolute Gasteiger partial charge is 0.372 e. The molecule has 0 aromatic carbocycles. The molecule has 0 bridgehead atoms. The molecule has 0 amide bonds. The number of rotatable bonds is 2. The molecule has 0 spiro atoms. The second-order valence-electron chi connectivity index (χ2n) is 5.06. The highest BCUT2D eigenvalue weighted by atomic mass is 16.5. The Bertz CT molecular complexity index is 149. The van der Waals surface area contributed by atoms with Crippen molar-refractivity contribution in [2.75, 3.05) is 13.1 Å². The molecule has 1 fully saturated rings. The van der Waals surface area contributed by atoms with Gasteiger partial charge in [-0.2, -0.15) is 0 Å². The maximum absolute atomic E-state index is 6.03. The van der Waals surface area contributed by atoms with E-state index in [0.29, 0.717) is 12.2 Å². The van der Waals surface area contributed by atoms with Crippen molar-refractivity contribution < 1.29 is 4.74 Å². The zero-order valence-corrected chi connectivity index (χ0v) is 9.39. The highest BCUT2D eigenvalue weighted by Crippen LogP contribution is 2.25. The monoisotopic (exact) mass is 185 g/mol. The van der Waals surface area contributed by atoms with Crippen LogP contribution in [0, 0.1) is 5.41 Å². The fourth-order valence-corrected chi connectivity index (χ4v) is 1.71. The molecule has 1 saturated heterocycles. The summed E-state index contributed by atoms with van der Waals surface area (Å²) in [6, 6.07) is 0. The van der Waals surface area contributed by atoms with Gasteiger partial charge in [-0.15, -0.1) is 0 Å². The molecule has 0 aliphatic carbocycles. The molecule has 1 rings (SSSR count). The Morgan fingerprint density at radius 3 is 2.54 bits per heavy atom. The third kappa shape index (κ3) is 3.28. The number of hydrogen-bond donors (Lipinski definition) is 1. The Morgan fingerprint density at radius 1 is 1.31 bits per heavy atom. The maximum atomic E-state index is 6.03. The summed E-state index contributed by atoms with van der Waals surface area (Å²) in [5.74, 6) is 0. The molecular weight excluding hydrogens is 162 g/mol. The lowest BCUT2D eigenvalue weighted by Crippen LogP contribution is -2.49. The van der Waals surface area contributed by atoms with E-state index in [1.165, 1.54) is 12.8 Å². The molecule has 2 unspecified atom stereocenters. The smallest absolute Gasteiger partial charge is 0.0752 e. The van der Waals surface area contributed by atoms with Crippen LogP contribution in [0.4, 0.5) is 0 Å². The van der Waals surface area contributed by atoms with Crippen LogP contribution in [0.1, 0.15) is 40.5 Å². The van der Waals surface area contributed by atoms with Gasteiger partial charge in [-0.25, -0.2) is 0 Å². The van der Waals surface area contributed by atoms with Gasteiger partial charge < -0.3 is 10.1 Å². The molecule has 1 N–H and O–H groups in total. The fraction of sp³-hybridized carbons (Fsp3) is 1.00. The molecule has 0 aromatic heterocycles. The predicted octanol–water partition coefficient (Wildman–Crippen LogP) is 2.19. The molecule has 13 heavy (non-hydrogen) atoms. The average molecular weight is 185 g/mol. The van der Waals surface area contributed by atoms with Gasteiger partial charge in [0.15, 0.2) is 0 Å². The van der Waals surface area contributed by atoms with Gasteiger partial charge in [0.05, 0.1) is 12.2 Å². The van der Waals surface area contributed by atoms with E-state index in [2.05, 4.69) is 33.0 Å². The molecule has 1 heterocycles. The van der Waals surface area contributed by atoms with E-state index in [4.69, 9.17) is 4.74 Å². The van der Waals surface area contributed by atoms with E-state index in [0.717, 1.165) is 13.1 Å². The summed E-state index contributed by atoms with van der Waals surface area (Å²) in [7, 11) is 0. The van der Waals surface area contributed by atoms with Crippen LogP contribution in [-0.4, -0.2) is 25.3 Å². The molecule has 2 atom stereocenters. The van der Waals surface area contributed by atoms with E-state index < -0.39 is 0 Å². The molecule has 1 aliphatic heterocycles. The van der Waals surface area contributed by atoms with E-state index in [1.807, 2.05) is 0 Å². The van der Waals surface area contributed by atoms with Gasteiger partial charge in [0.25, 0.3) is 0 Å². The molecule has 0 saturated carbocycles. The first-order valence-electron chi connectivity index (χ1n) is 5.40. The Balaban J connectivity index is 2.42. The lowest BCUT2D eigenvalue weighted by atomic mass is 9.88. The van der Waals surface area contributed by atoms with Gasteiger partial charge in [-0.05, 0) is 11.8 Å². The summed E-state index contributed by atoms with van der Waals surface area (Å²) in [5, 5.41) is 3.45. The van der Waals surface area contributed by atoms with Crippen LogP contribution < -0.4 is 5.32 Å². The number of morpholine rings is 1. The van der Waals surface area contributed by atoms with Crippen molar-refractivity contribution in [3.8, 4) is 0 Å². The van der Waals surface area contributed by atoms with E-state index in [1.54, 1.807) is 0 Å². The van der Waals surface area contributed by atoms with Crippen LogP contribution in [0.3, 0.4) is 0 Å². The standard InChI is InChI=1S/C11H23NO/c1-5-6-9-7-12-8-10(13-9)11(2,3)4/h9-10,12H,5-8H2,1-4H3. The topological polar surface area (TPSA) is 21.3 Å². The van der Waals surface area contributed by atoms with Gasteiger partial charge in [-0.1, -0.05) is 34.1 Å². The zero-order chi connectivity index (χ0) is 9.90. The number of hydrogen-bond acceptors (Lipinski definition) is 2. The normalized spacial score (nSPS) is 30.5. The second-order valence-corrected chi connectivity index (χ2v) is 5.06. The molecule has 78 valence electrons. The number of nitrogens with one attached hydrogen (secondary N) is 1. The van der Waals surface area contributed by atoms with Crippen LogP contribution in [0.15, 0.2) is 0 Å². The number of ether oxygens (including phenoxy) is 1. The summed E-state index contributed by atoms with van der Waals surface area (Å²) < 4.78 is 6.03. The molecule has 1 aliphatic rings. The first-order valence-corrected chi connectivity index (χ1v) is 5.40. The first kappa shape index (κ1) is 11.0. The SMILES string of the molecule is CCCC1CNCC(C(C)(C)C)O1. The Hall–Kier alpha value is -0.0800. The summed E-state index contributed by atoms with van der Waals surface area (Å²) in [4.78, 5) is 0. The minimum atomic E-state index is 0.263. The zero-order valence-electron chi connectivity index (χ0n) is 9.39. The quantitative estimate of drug-likeness (QED) is 0.712. The van der Waals surface area contributed by atoms with Crippen LogP contribution in [-0.2, 0) is 4.74 Å². The van der Waals surface area contributed by atoms with Crippen LogP contribution in [0.25, 0.3) is 0 Å².